The van der Waals surface area contributed by atoms with E-state index in [2.05, 4.69) is 17.6 Å². The number of fused-ring (bicyclic) bond motifs is 1. The monoisotopic (exact) mass is 477 g/mol. The molecule has 0 N–H and O–H groups in total. The Hall–Kier alpha value is -2.36. The van der Waals surface area contributed by atoms with Gasteiger partial charge in [-0.25, -0.2) is 8.42 Å². The first kappa shape index (κ1) is 25.3. The number of ether oxygens (including phenoxy) is 2. The fraction of sp³-hybridized carbons (Fsp3) is 0.542. The molecule has 1 aliphatic rings. The summed E-state index contributed by atoms with van der Waals surface area (Å²) in [5.41, 5.74) is 3.39. The van der Waals surface area contributed by atoms with Gasteiger partial charge < -0.3 is 18.9 Å². The van der Waals surface area contributed by atoms with Gasteiger partial charge >= 0.3 is 0 Å². The van der Waals surface area contributed by atoms with Crippen LogP contribution in [0.25, 0.3) is 0 Å². The summed E-state index contributed by atoms with van der Waals surface area (Å²) in [5.74, 6) is 0.628. The van der Waals surface area contributed by atoms with Crippen LogP contribution in [0.2, 0.25) is 0 Å². The first-order chi connectivity index (χ1) is 15.6. The van der Waals surface area contributed by atoms with Gasteiger partial charge in [-0.3, -0.25) is 4.79 Å². The van der Waals surface area contributed by atoms with Crippen LogP contribution in [0.1, 0.15) is 41.8 Å². The summed E-state index contributed by atoms with van der Waals surface area (Å²) < 4.78 is 40.8. The summed E-state index contributed by atoms with van der Waals surface area (Å²) in [6, 6.07) is 5.75. The van der Waals surface area contributed by atoms with Crippen molar-refractivity contribution < 1.29 is 22.7 Å². The van der Waals surface area contributed by atoms with E-state index in [4.69, 9.17) is 9.47 Å². The molecule has 0 fully saturated rings. The van der Waals surface area contributed by atoms with E-state index in [9.17, 15) is 13.2 Å². The molecule has 0 bridgehead atoms. The van der Waals surface area contributed by atoms with Gasteiger partial charge in [0.25, 0.3) is 0 Å². The maximum absolute atomic E-state index is 13.2. The molecule has 1 amide bonds. The second-order valence-corrected chi connectivity index (χ2v) is 10.5. The standard InChI is InChI=1S/C24H35N3O5S/c1-7-20-21-9-8-10-26(21)11-12-27(20)23(28)16-32-14-13-25(5)33(29,30)22-15-17(2)24(31-6)19(4)18(22)3/h8-10,15,20H,7,11-14,16H2,1-6H3. The van der Waals surface area contributed by atoms with E-state index in [-0.39, 0.29) is 36.6 Å². The summed E-state index contributed by atoms with van der Waals surface area (Å²) in [5, 5.41) is 0. The molecule has 3 rings (SSSR count). The van der Waals surface area contributed by atoms with Crippen LogP contribution < -0.4 is 4.74 Å². The van der Waals surface area contributed by atoms with Crippen molar-refractivity contribution in [2.24, 2.45) is 0 Å². The molecule has 1 unspecified atom stereocenters. The highest BCUT2D eigenvalue weighted by atomic mass is 32.2. The third-order valence-electron chi connectivity index (χ3n) is 6.52. The number of hydrogen-bond acceptors (Lipinski definition) is 5. The first-order valence-corrected chi connectivity index (χ1v) is 12.7. The van der Waals surface area contributed by atoms with E-state index in [0.717, 1.165) is 29.8 Å². The van der Waals surface area contributed by atoms with E-state index in [1.54, 1.807) is 20.1 Å². The molecular weight excluding hydrogens is 442 g/mol. The van der Waals surface area contributed by atoms with Crippen molar-refractivity contribution in [3.8, 4) is 5.75 Å². The summed E-state index contributed by atoms with van der Waals surface area (Å²) in [4.78, 5) is 14.9. The smallest absolute Gasteiger partial charge is 0.249 e. The molecule has 0 aliphatic carbocycles. The largest absolute Gasteiger partial charge is 0.496 e. The lowest BCUT2D eigenvalue weighted by atomic mass is 10.1. The van der Waals surface area contributed by atoms with Gasteiger partial charge in [0.15, 0.2) is 0 Å². The van der Waals surface area contributed by atoms with Crippen LogP contribution in [0.4, 0.5) is 0 Å². The van der Waals surface area contributed by atoms with E-state index in [1.165, 1.54) is 11.4 Å². The molecule has 0 saturated heterocycles. The highest BCUT2D eigenvalue weighted by Crippen LogP contribution is 2.32. The number of benzene rings is 1. The maximum Gasteiger partial charge on any atom is 0.249 e. The van der Waals surface area contributed by atoms with Crippen molar-refractivity contribution in [2.75, 3.05) is 40.5 Å². The summed E-state index contributed by atoms with van der Waals surface area (Å²) >= 11 is 0. The molecule has 1 aromatic carbocycles. The molecule has 1 atom stereocenters. The Kier molecular flexibility index (Phi) is 7.87. The number of carbonyl (C=O) groups excluding carboxylic acids is 1. The molecule has 0 radical (unpaired) electrons. The predicted molar refractivity (Wildman–Crippen MR) is 127 cm³/mol. The topological polar surface area (TPSA) is 81.1 Å². The Morgan fingerprint density at radius 1 is 1.21 bits per heavy atom. The zero-order valence-corrected chi connectivity index (χ0v) is 21.2. The minimum Gasteiger partial charge on any atom is -0.496 e. The third kappa shape index (κ3) is 4.95. The van der Waals surface area contributed by atoms with E-state index < -0.39 is 10.0 Å². The molecule has 9 heteroatoms. The summed E-state index contributed by atoms with van der Waals surface area (Å²) in [6.07, 6.45) is 2.87. The summed E-state index contributed by atoms with van der Waals surface area (Å²) in [7, 11) is -0.591. The average molecular weight is 478 g/mol. The molecule has 1 aromatic heterocycles. The van der Waals surface area contributed by atoms with Crippen molar-refractivity contribution in [3.05, 3.63) is 46.8 Å². The van der Waals surface area contributed by atoms with Crippen molar-refractivity contribution >= 4 is 15.9 Å². The molecule has 182 valence electrons. The van der Waals surface area contributed by atoms with Gasteiger partial charge in [-0.05, 0) is 62.1 Å². The first-order valence-electron chi connectivity index (χ1n) is 11.3. The minimum absolute atomic E-state index is 0.0393. The number of rotatable bonds is 9. The number of methoxy groups -OCH3 is 1. The molecule has 0 saturated carbocycles. The lowest BCUT2D eigenvalue weighted by Gasteiger charge is -2.36. The molecule has 2 heterocycles. The van der Waals surface area contributed by atoms with E-state index >= 15 is 0 Å². The summed E-state index contributed by atoms with van der Waals surface area (Å²) in [6.45, 7) is 9.18. The zero-order valence-electron chi connectivity index (χ0n) is 20.4. The normalized spacial score (nSPS) is 16.2. The van der Waals surface area contributed by atoms with Gasteiger partial charge in [-0.2, -0.15) is 4.31 Å². The van der Waals surface area contributed by atoms with Crippen LogP contribution in [0.5, 0.6) is 5.75 Å². The zero-order chi connectivity index (χ0) is 24.3. The molecule has 0 spiro atoms. The van der Waals surface area contributed by atoms with E-state index in [0.29, 0.717) is 17.9 Å². The Bertz CT molecular complexity index is 1110. The number of aryl methyl sites for hydroxylation is 1. The number of aromatic nitrogens is 1. The van der Waals surface area contributed by atoms with Crippen LogP contribution >= 0.6 is 0 Å². The van der Waals surface area contributed by atoms with Crippen LogP contribution in [-0.4, -0.2) is 68.6 Å². The Labute approximate surface area is 197 Å². The predicted octanol–water partition coefficient (Wildman–Crippen LogP) is 3.05. The second-order valence-electron chi connectivity index (χ2n) is 8.49. The van der Waals surface area contributed by atoms with Crippen molar-refractivity contribution in [1.29, 1.82) is 0 Å². The Morgan fingerprint density at radius 3 is 2.61 bits per heavy atom. The molecule has 1 aliphatic heterocycles. The highest BCUT2D eigenvalue weighted by Gasteiger charge is 2.30. The van der Waals surface area contributed by atoms with Crippen molar-refractivity contribution in [2.45, 2.75) is 51.6 Å². The van der Waals surface area contributed by atoms with Crippen molar-refractivity contribution in [1.82, 2.24) is 13.8 Å². The number of amides is 1. The minimum atomic E-state index is -3.70. The second kappa shape index (κ2) is 10.3. The van der Waals surface area contributed by atoms with Gasteiger partial charge in [0, 0.05) is 38.6 Å². The molecule has 2 aromatic rings. The van der Waals surface area contributed by atoms with Crippen LogP contribution in [0.15, 0.2) is 29.3 Å². The number of hydrogen-bond donors (Lipinski definition) is 0. The fourth-order valence-corrected chi connectivity index (χ4v) is 6.04. The molecule has 33 heavy (non-hydrogen) atoms. The Morgan fingerprint density at radius 2 is 1.94 bits per heavy atom. The van der Waals surface area contributed by atoms with Crippen LogP contribution in [-0.2, 0) is 26.1 Å². The maximum atomic E-state index is 13.2. The van der Waals surface area contributed by atoms with Gasteiger partial charge in [0.2, 0.25) is 15.9 Å². The third-order valence-corrected chi connectivity index (χ3v) is 8.50. The average Bonchev–Trinajstić information content (AvgIpc) is 3.27. The number of nitrogens with zero attached hydrogens (tertiary/aromatic N) is 3. The SMILES string of the molecule is CCC1c2cccn2CCN1C(=O)COCCN(C)S(=O)(=O)c1cc(C)c(OC)c(C)c1C. The molecular formula is C24H35N3O5S. The highest BCUT2D eigenvalue weighted by molar-refractivity contribution is 7.89. The number of likely N-dealkylation sites (N-methyl/N-ethyl adjacent to an activating group) is 1. The quantitative estimate of drug-likeness (QED) is 0.519. The lowest BCUT2D eigenvalue weighted by molar-refractivity contribution is -0.140. The Balaban J connectivity index is 1.58. The van der Waals surface area contributed by atoms with Gasteiger partial charge in [-0.15, -0.1) is 0 Å². The van der Waals surface area contributed by atoms with Crippen LogP contribution in [0.3, 0.4) is 0 Å². The van der Waals surface area contributed by atoms with Gasteiger partial charge in [-0.1, -0.05) is 6.92 Å². The van der Waals surface area contributed by atoms with Gasteiger partial charge in [0.05, 0.1) is 24.7 Å². The molecule has 8 nitrogen and oxygen atoms in total. The number of carbonyl (C=O) groups is 1. The van der Waals surface area contributed by atoms with Crippen molar-refractivity contribution in [3.63, 3.8) is 0 Å². The lowest BCUT2D eigenvalue weighted by Crippen LogP contribution is -2.43. The van der Waals surface area contributed by atoms with Gasteiger partial charge in [0.1, 0.15) is 12.4 Å². The number of sulfonamides is 1. The van der Waals surface area contributed by atoms with Crippen LogP contribution in [0, 0.1) is 20.8 Å². The van der Waals surface area contributed by atoms with E-state index in [1.807, 2.05) is 31.0 Å². The fourth-order valence-electron chi connectivity index (χ4n) is 4.52.